The molecule has 11 aromatic rings. The summed E-state index contributed by atoms with van der Waals surface area (Å²) in [6, 6.07) is 51.8. The van der Waals surface area contributed by atoms with Crippen molar-refractivity contribution in [2.24, 2.45) is 5.14 Å². The van der Waals surface area contributed by atoms with Gasteiger partial charge < -0.3 is 9.47 Å². The number of halogens is 1. The predicted octanol–water partition coefficient (Wildman–Crippen LogP) is 9.85. The number of sulfonamides is 2. The van der Waals surface area contributed by atoms with Gasteiger partial charge in [-0.05, 0) is 139 Å². The van der Waals surface area contributed by atoms with Crippen molar-refractivity contribution in [2.75, 3.05) is 20.5 Å². The minimum atomic E-state index is -3.70. The number of rotatable bonds is 12. The molecule has 78 heavy (non-hydrogen) atoms. The molecule has 0 fully saturated rings. The molecule has 0 aliphatic heterocycles. The second-order valence-electron chi connectivity index (χ2n) is 16.6. The molecule has 0 aliphatic rings. The lowest BCUT2D eigenvalue weighted by Crippen LogP contribution is -2.30. The molecule has 3 N–H and O–H groups in total. The molecule has 11 rings (SSSR count). The van der Waals surface area contributed by atoms with E-state index in [1.807, 2.05) is 72.8 Å². The standard InChI is InChI=1S/C22H22BrNO4S.C12H8N2.C10H10N2O2S.C9H9N3O2S.C3H4N2/c1-27-20-9-3-17(4-10-20)15-24(16-18-5-11-21(28-2)12-6-18)29(25,26)22-13-7-19(23)8-14-22;1-3-9-5-6-10-4-2-8-14-12(10)11(9)13-7-1;1-15(13,14)10-5-3-9(4-6-10)12-8-2-7-11-12;10-15(13,14)9-4-2-8(3-5-9)12-7-1-6-11-12;1-2-4-5-3-1/h3-14H,15-16H2,1-2H3;1-8H;2-8H,1H3;1-7H,(H2,10,13,14);1-3H,(H,4,5). The van der Waals surface area contributed by atoms with Crippen LogP contribution in [0.4, 0.5) is 0 Å². The number of nitrogens with one attached hydrogen (secondary N) is 1. The number of aromatic nitrogens is 8. The van der Waals surface area contributed by atoms with Crippen LogP contribution in [0.5, 0.6) is 11.5 Å². The second kappa shape index (κ2) is 27.1. The Kier molecular flexibility index (Phi) is 19.9. The van der Waals surface area contributed by atoms with Gasteiger partial charge in [0.1, 0.15) is 11.5 Å². The number of methoxy groups -OCH3 is 2. The summed E-state index contributed by atoms with van der Waals surface area (Å²) < 4.78 is 87.1. The fourth-order valence-corrected chi connectivity index (χ4v) is 10.0. The Morgan fingerprint density at radius 3 is 1.33 bits per heavy atom. The summed E-state index contributed by atoms with van der Waals surface area (Å²) in [4.78, 5) is 9.36. The number of nitrogens with zero attached hydrogens (tertiary/aromatic N) is 8. The predicted molar refractivity (Wildman–Crippen MR) is 304 cm³/mol. The van der Waals surface area contributed by atoms with Crippen molar-refractivity contribution >= 4 is 67.6 Å². The highest BCUT2D eigenvalue weighted by Gasteiger charge is 2.25. The number of sulfone groups is 1. The first-order valence-electron chi connectivity index (χ1n) is 23.5. The number of aromatic amines is 1. The number of benzene rings is 6. The zero-order valence-corrected chi connectivity index (χ0v) is 46.3. The van der Waals surface area contributed by atoms with Crippen molar-refractivity contribution in [2.45, 2.75) is 27.8 Å². The highest BCUT2D eigenvalue weighted by atomic mass is 79.9. The van der Waals surface area contributed by atoms with Crippen LogP contribution in [0.3, 0.4) is 0 Å². The third-order valence-corrected chi connectivity index (χ3v) is 15.6. The number of hydrogen-bond acceptors (Lipinski definition) is 13. The van der Waals surface area contributed by atoms with Crippen LogP contribution in [-0.4, -0.2) is 89.8 Å². The first kappa shape index (κ1) is 57.3. The number of nitrogens with two attached hydrogens (primary N) is 1. The summed E-state index contributed by atoms with van der Waals surface area (Å²) in [6.45, 7) is 0.489. The topological polar surface area (TPSA) is 240 Å². The number of pyridine rings is 2. The summed E-state index contributed by atoms with van der Waals surface area (Å²) in [5, 5.41) is 21.5. The Hall–Kier alpha value is -8.38. The van der Waals surface area contributed by atoms with E-state index >= 15 is 0 Å². The molecule has 18 nitrogen and oxygen atoms in total. The monoisotopic (exact) mass is 1170 g/mol. The fourth-order valence-electron chi connectivity index (χ4n) is 7.22. The fraction of sp³-hybridized carbons (Fsp3) is 0.0893. The average molecular weight is 1170 g/mol. The van der Waals surface area contributed by atoms with Gasteiger partial charge in [0.25, 0.3) is 0 Å². The van der Waals surface area contributed by atoms with Crippen LogP contribution < -0.4 is 14.6 Å². The van der Waals surface area contributed by atoms with E-state index in [1.54, 1.807) is 140 Å². The average Bonchev–Trinajstić information content (AvgIpc) is 4.34. The summed E-state index contributed by atoms with van der Waals surface area (Å²) in [7, 11) is -7.23. The Morgan fingerprint density at radius 2 is 0.974 bits per heavy atom. The Balaban J connectivity index is 0.000000153. The van der Waals surface area contributed by atoms with Gasteiger partial charge in [0.15, 0.2) is 9.84 Å². The van der Waals surface area contributed by atoms with Gasteiger partial charge in [-0.1, -0.05) is 64.5 Å². The number of fused-ring (bicyclic) bond motifs is 3. The largest absolute Gasteiger partial charge is 0.497 e. The van der Waals surface area contributed by atoms with Gasteiger partial charge in [-0.3, -0.25) is 15.1 Å². The molecule has 400 valence electrons. The van der Waals surface area contributed by atoms with Crippen LogP contribution in [0.15, 0.2) is 245 Å². The lowest BCUT2D eigenvalue weighted by molar-refractivity contribution is 0.397. The van der Waals surface area contributed by atoms with E-state index in [1.165, 1.54) is 22.7 Å². The third kappa shape index (κ3) is 16.3. The van der Waals surface area contributed by atoms with E-state index in [-0.39, 0.29) is 22.9 Å². The van der Waals surface area contributed by atoms with Gasteiger partial charge in [0, 0.05) is 84.2 Å². The zero-order valence-electron chi connectivity index (χ0n) is 42.3. The van der Waals surface area contributed by atoms with E-state index < -0.39 is 29.9 Å². The van der Waals surface area contributed by atoms with Gasteiger partial charge in [0.2, 0.25) is 20.0 Å². The van der Waals surface area contributed by atoms with Crippen molar-refractivity contribution in [3.05, 3.63) is 241 Å². The number of ether oxygens (including phenoxy) is 2. The smallest absolute Gasteiger partial charge is 0.243 e. The number of primary sulfonamides is 1. The normalized spacial score (nSPS) is 11.2. The summed E-state index contributed by atoms with van der Waals surface area (Å²) in [5.41, 5.74) is 5.33. The summed E-state index contributed by atoms with van der Waals surface area (Å²) >= 11 is 3.35. The van der Waals surface area contributed by atoms with E-state index in [0.717, 1.165) is 60.3 Å². The zero-order chi connectivity index (χ0) is 55.5. The quantitative estimate of drug-likeness (QED) is 0.108. The molecular weight excluding hydrogens is 1120 g/mol. The van der Waals surface area contributed by atoms with Crippen LogP contribution in [0, 0.1) is 0 Å². The molecular formula is C56H53BrN10O8S3. The first-order chi connectivity index (χ1) is 37.5. The van der Waals surface area contributed by atoms with Crippen LogP contribution >= 0.6 is 15.9 Å². The SMILES string of the molecule is COc1ccc(CN(Cc2ccc(OC)cc2)S(=O)(=O)c2ccc(Br)cc2)cc1.CS(=O)(=O)c1ccc(-n2cccn2)cc1.NS(=O)(=O)c1ccc(-n2cccn2)cc1.c1cn[nH]c1.c1cnc2c(c1)ccc1cccnc12. The highest BCUT2D eigenvalue weighted by Crippen LogP contribution is 2.25. The van der Waals surface area contributed by atoms with Crippen molar-refractivity contribution in [1.29, 1.82) is 0 Å². The lowest BCUT2D eigenvalue weighted by atomic mass is 10.1. The second-order valence-corrected chi connectivity index (χ2v) is 23.0. The molecule has 22 heteroatoms. The van der Waals surface area contributed by atoms with Gasteiger partial charge in [0.05, 0.1) is 51.3 Å². The summed E-state index contributed by atoms with van der Waals surface area (Å²) in [6.07, 6.45) is 15.1. The summed E-state index contributed by atoms with van der Waals surface area (Å²) in [5.74, 6) is 1.46. The van der Waals surface area contributed by atoms with E-state index in [9.17, 15) is 25.3 Å². The Bertz CT molecular complexity index is 3710. The van der Waals surface area contributed by atoms with E-state index in [4.69, 9.17) is 14.6 Å². The molecule has 0 bridgehead atoms. The number of H-pyrrole nitrogens is 1. The molecule has 5 aromatic heterocycles. The lowest BCUT2D eigenvalue weighted by Gasteiger charge is -2.23. The molecule has 0 aliphatic carbocycles. The van der Waals surface area contributed by atoms with Gasteiger partial charge in [-0.15, -0.1) is 0 Å². The van der Waals surface area contributed by atoms with Gasteiger partial charge in [-0.2, -0.15) is 19.6 Å². The first-order valence-corrected chi connectivity index (χ1v) is 29.2. The molecule has 0 atom stereocenters. The maximum atomic E-state index is 13.4. The highest BCUT2D eigenvalue weighted by molar-refractivity contribution is 9.10. The van der Waals surface area contributed by atoms with Crippen LogP contribution in [0.1, 0.15) is 11.1 Å². The molecule has 0 spiro atoms. The van der Waals surface area contributed by atoms with Crippen LogP contribution in [0.25, 0.3) is 33.2 Å². The van der Waals surface area contributed by atoms with Crippen molar-refractivity contribution in [1.82, 2.24) is 44.0 Å². The van der Waals surface area contributed by atoms with E-state index in [0.29, 0.717) is 4.90 Å². The maximum Gasteiger partial charge on any atom is 0.243 e. The van der Waals surface area contributed by atoms with Gasteiger partial charge in [-0.25, -0.2) is 39.8 Å². The molecule has 0 saturated carbocycles. The minimum absolute atomic E-state index is 0.0957. The molecule has 0 saturated heterocycles. The molecule has 0 amide bonds. The third-order valence-electron chi connectivity index (χ3n) is 11.2. The van der Waals surface area contributed by atoms with Crippen LogP contribution in [0.2, 0.25) is 0 Å². The molecule has 6 aromatic carbocycles. The molecule has 5 heterocycles. The number of hydrogen-bond donors (Lipinski definition) is 2. The maximum absolute atomic E-state index is 13.4. The Morgan fingerprint density at radius 1 is 0.526 bits per heavy atom. The van der Waals surface area contributed by atoms with Crippen molar-refractivity contribution in [3.63, 3.8) is 0 Å². The van der Waals surface area contributed by atoms with E-state index in [2.05, 4.69) is 70.6 Å². The van der Waals surface area contributed by atoms with Crippen LogP contribution in [-0.2, 0) is 43.0 Å². The molecule has 0 unspecified atom stereocenters. The Labute approximate surface area is 460 Å². The van der Waals surface area contributed by atoms with Gasteiger partial charge >= 0.3 is 0 Å². The molecule has 0 radical (unpaired) electrons. The van der Waals surface area contributed by atoms with Crippen molar-refractivity contribution < 1.29 is 34.7 Å². The minimum Gasteiger partial charge on any atom is -0.497 e. The van der Waals surface area contributed by atoms with Crippen molar-refractivity contribution in [3.8, 4) is 22.9 Å².